The highest BCUT2D eigenvalue weighted by Gasteiger charge is 2.44. The maximum atomic E-state index is 13.2. The number of benzene rings is 2. The van der Waals surface area contributed by atoms with Gasteiger partial charge in [-0.05, 0) is 36.6 Å². The smallest absolute Gasteiger partial charge is 0.262 e. The second-order valence-electron chi connectivity index (χ2n) is 6.99. The van der Waals surface area contributed by atoms with Crippen LogP contribution in [0.2, 0.25) is 0 Å². The number of carbonyl (C=O) groups excluding carboxylic acids is 4. The van der Waals surface area contributed by atoms with Gasteiger partial charge in [0.1, 0.15) is 12.1 Å². The molecule has 2 N–H and O–H groups in total. The Balaban J connectivity index is 1.65. The van der Waals surface area contributed by atoms with Gasteiger partial charge in [0.25, 0.3) is 11.8 Å². The Morgan fingerprint density at radius 2 is 1.57 bits per heavy atom. The summed E-state index contributed by atoms with van der Waals surface area (Å²) in [7, 11) is 0. The first-order valence-electron chi connectivity index (χ1n) is 9.06. The standard InChI is InChI=1S/C21H19N3O4/c1-12(24-20(27)15-8-4-5-9-16(15)21(24)28)19(26)23-11-10-13-6-2-3-7-14(13)17(23)18(22)25/h2-9,12,17H,10-11H2,1H3,(H2,22,25). The third-order valence-corrected chi connectivity index (χ3v) is 5.41. The molecule has 0 aliphatic carbocycles. The normalized spacial score (nSPS) is 19.2. The molecule has 2 atom stereocenters. The van der Waals surface area contributed by atoms with E-state index in [-0.39, 0.29) is 17.7 Å². The Hall–Kier alpha value is -3.48. The van der Waals surface area contributed by atoms with Crippen molar-refractivity contribution >= 4 is 23.6 Å². The molecule has 2 aromatic rings. The molecule has 142 valence electrons. The molecular formula is C21H19N3O4. The van der Waals surface area contributed by atoms with E-state index in [1.165, 1.54) is 11.8 Å². The van der Waals surface area contributed by atoms with Crippen molar-refractivity contribution in [1.29, 1.82) is 0 Å². The van der Waals surface area contributed by atoms with Crippen LogP contribution in [-0.2, 0) is 16.0 Å². The Labute approximate surface area is 161 Å². The number of amides is 4. The van der Waals surface area contributed by atoms with E-state index in [9.17, 15) is 19.2 Å². The first-order valence-corrected chi connectivity index (χ1v) is 9.06. The second-order valence-corrected chi connectivity index (χ2v) is 6.99. The van der Waals surface area contributed by atoms with Gasteiger partial charge in [0.05, 0.1) is 11.1 Å². The largest absolute Gasteiger partial charge is 0.368 e. The number of primary amides is 1. The van der Waals surface area contributed by atoms with Crippen LogP contribution in [0.3, 0.4) is 0 Å². The van der Waals surface area contributed by atoms with E-state index in [0.717, 1.165) is 10.5 Å². The summed E-state index contributed by atoms with van der Waals surface area (Å²) >= 11 is 0. The highest BCUT2D eigenvalue weighted by molar-refractivity contribution is 6.22. The van der Waals surface area contributed by atoms with Crippen molar-refractivity contribution in [2.75, 3.05) is 6.54 Å². The topological polar surface area (TPSA) is 101 Å². The summed E-state index contributed by atoms with van der Waals surface area (Å²) in [5.74, 6) is -2.13. The molecule has 2 aliphatic heterocycles. The lowest BCUT2D eigenvalue weighted by atomic mass is 9.91. The molecule has 4 rings (SSSR count). The lowest BCUT2D eigenvalue weighted by Gasteiger charge is -2.38. The average molecular weight is 377 g/mol. The van der Waals surface area contributed by atoms with Gasteiger partial charge in [-0.3, -0.25) is 24.1 Å². The Kier molecular flexibility index (Phi) is 4.22. The third-order valence-electron chi connectivity index (χ3n) is 5.41. The minimum Gasteiger partial charge on any atom is -0.368 e. The van der Waals surface area contributed by atoms with Crippen molar-refractivity contribution in [1.82, 2.24) is 9.80 Å². The quantitative estimate of drug-likeness (QED) is 0.814. The van der Waals surface area contributed by atoms with E-state index in [2.05, 4.69) is 0 Å². The summed E-state index contributed by atoms with van der Waals surface area (Å²) in [4.78, 5) is 53.1. The van der Waals surface area contributed by atoms with Gasteiger partial charge in [0.2, 0.25) is 11.8 Å². The summed E-state index contributed by atoms with van der Waals surface area (Å²) in [5, 5.41) is 0. The summed E-state index contributed by atoms with van der Waals surface area (Å²) in [6, 6.07) is 11.8. The first-order chi connectivity index (χ1) is 13.4. The summed E-state index contributed by atoms with van der Waals surface area (Å²) < 4.78 is 0. The summed E-state index contributed by atoms with van der Waals surface area (Å²) in [6.07, 6.45) is 0.570. The predicted molar refractivity (Wildman–Crippen MR) is 100 cm³/mol. The van der Waals surface area contributed by atoms with Crippen molar-refractivity contribution in [2.45, 2.75) is 25.4 Å². The Bertz CT molecular complexity index is 981. The minimum atomic E-state index is -1.04. The molecule has 0 fully saturated rings. The van der Waals surface area contributed by atoms with Crippen molar-refractivity contribution in [3.63, 3.8) is 0 Å². The number of imide groups is 1. The zero-order chi connectivity index (χ0) is 20.0. The maximum Gasteiger partial charge on any atom is 0.262 e. The van der Waals surface area contributed by atoms with Gasteiger partial charge >= 0.3 is 0 Å². The fourth-order valence-corrected chi connectivity index (χ4v) is 4.02. The lowest BCUT2D eigenvalue weighted by molar-refractivity contribution is -0.143. The van der Waals surface area contributed by atoms with Crippen LogP contribution in [0.4, 0.5) is 0 Å². The van der Waals surface area contributed by atoms with E-state index >= 15 is 0 Å². The van der Waals surface area contributed by atoms with Gasteiger partial charge in [-0.25, -0.2) is 0 Å². The average Bonchev–Trinajstić information content (AvgIpc) is 2.96. The van der Waals surface area contributed by atoms with E-state index < -0.39 is 35.7 Å². The summed E-state index contributed by atoms with van der Waals surface area (Å²) in [5.41, 5.74) is 7.81. The van der Waals surface area contributed by atoms with Crippen LogP contribution in [-0.4, -0.2) is 46.0 Å². The summed E-state index contributed by atoms with van der Waals surface area (Å²) in [6.45, 7) is 1.79. The SMILES string of the molecule is CC(C(=O)N1CCc2ccccc2C1C(N)=O)N1C(=O)c2ccccc2C1=O. The van der Waals surface area contributed by atoms with Crippen LogP contribution in [0.1, 0.15) is 44.8 Å². The molecule has 2 heterocycles. The molecule has 28 heavy (non-hydrogen) atoms. The fourth-order valence-electron chi connectivity index (χ4n) is 4.02. The number of fused-ring (bicyclic) bond motifs is 2. The molecule has 4 amide bonds. The van der Waals surface area contributed by atoms with Crippen LogP contribution < -0.4 is 5.73 Å². The van der Waals surface area contributed by atoms with Crippen molar-refractivity contribution in [2.24, 2.45) is 5.73 Å². The van der Waals surface area contributed by atoms with E-state index in [1.807, 2.05) is 12.1 Å². The monoisotopic (exact) mass is 377 g/mol. The van der Waals surface area contributed by atoms with Crippen LogP contribution in [0.5, 0.6) is 0 Å². The fraction of sp³-hybridized carbons (Fsp3) is 0.238. The Morgan fingerprint density at radius 1 is 1.00 bits per heavy atom. The molecular weight excluding hydrogens is 358 g/mol. The molecule has 0 aromatic heterocycles. The van der Waals surface area contributed by atoms with E-state index in [4.69, 9.17) is 5.73 Å². The number of carbonyl (C=O) groups is 4. The van der Waals surface area contributed by atoms with Crippen LogP contribution in [0, 0.1) is 0 Å². The molecule has 2 aromatic carbocycles. The molecule has 2 unspecified atom stereocenters. The Morgan fingerprint density at radius 3 is 2.18 bits per heavy atom. The van der Waals surface area contributed by atoms with Crippen LogP contribution in [0.25, 0.3) is 0 Å². The molecule has 0 bridgehead atoms. The van der Waals surface area contributed by atoms with Crippen molar-refractivity contribution in [3.8, 4) is 0 Å². The van der Waals surface area contributed by atoms with Crippen molar-refractivity contribution < 1.29 is 19.2 Å². The predicted octanol–water partition coefficient (Wildman–Crippen LogP) is 1.28. The number of hydrogen-bond acceptors (Lipinski definition) is 4. The van der Waals surface area contributed by atoms with Crippen LogP contribution >= 0.6 is 0 Å². The maximum absolute atomic E-state index is 13.2. The van der Waals surface area contributed by atoms with Gasteiger partial charge in [-0.2, -0.15) is 0 Å². The zero-order valence-electron chi connectivity index (χ0n) is 15.3. The van der Waals surface area contributed by atoms with Gasteiger partial charge < -0.3 is 10.6 Å². The van der Waals surface area contributed by atoms with Crippen LogP contribution in [0.15, 0.2) is 48.5 Å². The molecule has 7 nitrogen and oxygen atoms in total. The lowest BCUT2D eigenvalue weighted by Crippen LogP contribution is -2.54. The van der Waals surface area contributed by atoms with Crippen molar-refractivity contribution in [3.05, 3.63) is 70.8 Å². The third kappa shape index (κ3) is 2.58. The van der Waals surface area contributed by atoms with Gasteiger partial charge in [0.15, 0.2) is 0 Å². The first kappa shape index (κ1) is 17.9. The zero-order valence-corrected chi connectivity index (χ0v) is 15.3. The molecule has 2 aliphatic rings. The highest BCUT2D eigenvalue weighted by atomic mass is 16.2. The molecule has 0 saturated heterocycles. The second kappa shape index (κ2) is 6.60. The number of hydrogen-bond donors (Lipinski definition) is 1. The molecule has 0 radical (unpaired) electrons. The number of rotatable bonds is 3. The van der Waals surface area contributed by atoms with E-state index in [0.29, 0.717) is 12.0 Å². The minimum absolute atomic E-state index is 0.280. The molecule has 0 saturated carbocycles. The molecule has 7 heteroatoms. The van der Waals surface area contributed by atoms with Gasteiger partial charge in [0, 0.05) is 6.54 Å². The number of nitrogens with zero attached hydrogens (tertiary/aromatic N) is 2. The molecule has 0 spiro atoms. The van der Waals surface area contributed by atoms with Gasteiger partial charge in [-0.15, -0.1) is 0 Å². The number of nitrogens with two attached hydrogens (primary N) is 1. The van der Waals surface area contributed by atoms with Gasteiger partial charge in [-0.1, -0.05) is 36.4 Å². The highest BCUT2D eigenvalue weighted by Crippen LogP contribution is 2.32. The van der Waals surface area contributed by atoms with E-state index in [1.54, 1.807) is 36.4 Å².